The van der Waals surface area contributed by atoms with Crippen LogP contribution in [0.4, 0.5) is 14.5 Å². The summed E-state index contributed by atoms with van der Waals surface area (Å²) in [6, 6.07) is 2.37. The predicted octanol–water partition coefficient (Wildman–Crippen LogP) is 2.24. The molecular formula is C12H15F2N3. The maximum absolute atomic E-state index is 13.9. The number of rotatable bonds is 2. The summed E-state index contributed by atoms with van der Waals surface area (Å²) < 4.78 is 27.7. The van der Waals surface area contributed by atoms with Crippen molar-refractivity contribution in [2.75, 3.05) is 11.4 Å². The van der Waals surface area contributed by atoms with E-state index < -0.39 is 11.6 Å². The van der Waals surface area contributed by atoms with E-state index >= 15 is 0 Å². The van der Waals surface area contributed by atoms with Crippen molar-refractivity contribution in [2.45, 2.75) is 25.8 Å². The Labute approximate surface area is 98.7 Å². The van der Waals surface area contributed by atoms with Gasteiger partial charge in [-0.2, -0.15) is 0 Å². The molecule has 1 unspecified atom stereocenters. The zero-order chi connectivity index (χ0) is 12.6. The number of anilines is 1. The van der Waals surface area contributed by atoms with Crippen LogP contribution in [0.25, 0.3) is 0 Å². The van der Waals surface area contributed by atoms with Crippen LogP contribution in [-0.4, -0.2) is 18.4 Å². The van der Waals surface area contributed by atoms with Gasteiger partial charge in [0.25, 0.3) is 0 Å². The summed E-state index contributed by atoms with van der Waals surface area (Å²) in [5.41, 5.74) is 5.30. The van der Waals surface area contributed by atoms with Gasteiger partial charge in [-0.3, -0.25) is 5.41 Å². The largest absolute Gasteiger partial charge is 0.384 e. The highest BCUT2D eigenvalue weighted by atomic mass is 19.1. The minimum absolute atomic E-state index is 0.000000000000000222. The van der Waals surface area contributed by atoms with Crippen LogP contribution >= 0.6 is 0 Å². The van der Waals surface area contributed by atoms with Gasteiger partial charge in [0, 0.05) is 18.2 Å². The normalized spacial score (nSPS) is 19.7. The average Bonchev–Trinajstić information content (AvgIpc) is 2.64. The van der Waals surface area contributed by atoms with E-state index in [1.165, 1.54) is 0 Å². The number of nitrogens with one attached hydrogen (secondary N) is 1. The lowest BCUT2D eigenvalue weighted by Crippen LogP contribution is -2.28. The Morgan fingerprint density at radius 3 is 2.41 bits per heavy atom. The molecule has 2 rings (SSSR count). The summed E-state index contributed by atoms with van der Waals surface area (Å²) in [4.78, 5) is 1.73. The Bertz CT molecular complexity index is 436. The van der Waals surface area contributed by atoms with Crippen molar-refractivity contribution in [1.82, 2.24) is 0 Å². The maximum Gasteiger partial charge on any atom is 0.150 e. The molecule has 1 heterocycles. The molecule has 1 aliphatic heterocycles. The summed E-state index contributed by atoms with van der Waals surface area (Å²) in [5, 5.41) is 7.18. The molecule has 1 saturated heterocycles. The molecule has 1 aromatic carbocycles. The smallest absolute Gasteiger partial charge is 0.150 e. The van der Waals surface area contributed by atoms with Crippen LogP contribution in [0.3, 0.4) is 0 Å². The van der Waals surface area contributed by atoms with Gasteiger partial charge in [0.2, 0.25) is 0 Å². The number of benzene rings is 1. The lowest BCUT2D eigenvalue weighted by atomic mass is 10.1. The first kappa shape index (κ1) is 11.8. The summed E-state index contributed by atoms with van der Waals surface area (Å²) in [7, 11) is 0. The van der Waals surface area contributed by atoms with Crippen molar-refractivity contribution in [3.05, 3.63) is 29.3 Å². The third kappa shape index (κ3) is 2.09. The van der Waals surface area contributed by atoms with Gasteiger partial charge < -0.3 is 10.6 Å². The maximum atomic E-state index is 13.9. The Morgan fingerprint density at radius 2 is 2.00 bits per heavy atom. The van der Waals surface area contributed by atoms with E-state index in [1.54, 1.807) is 4.90 Å². The van der Waals surface area contributed by atoms with Gasteiger partial charge in [0.05, 0.1) is 0 Å². The van der Waals surface area contributed by atoms with Crippen molar-refractivity contribution in [2.24, 2.45) is 5.73 Å². The molecule has 92 valence electrons. The van der Waals surface area contributed by atoms with E-state index in [9.17, 15) is 8.78 Å². The van der Waals surface area contributed by atoms with Crippen LogP contribution < -0.4 is 10.6 Å². The molecule has 0 bridgehead atoms. The first-order valence-electron chi connectivity index (χ1n) is 5.60. The second-order valence-corrected chi connectivity index (χ2v) is 4.39. The Kier molecular flexibility index (Phi) is 3.00. The molecule has 1 aliphatic rings. The third-order valence-electron chi connectivity index (χ3n) is 3.17. The Morgan fingerprint density at radius 1 is 1.41 bits per heavy atom. The molecule has 0 aliphatic carbocycles. The fourth-order valence-electron chi connectivity index (χ4n) is 2.26. The second-order valence-electron chi connectivity index (χ2n) is 4.39. The van der Waals surface area contributed by atoms with E-state index in [0.29, 0.717) is 6.54 Å². The molecule has 0 saturated carbocycles. The first-order valence-corrected chi connectivity index (χ1v) is 5.60. The lowest BCUT2D eigenvalue weighted by Gasteiger charge is -2.25. The van der Waals surface area contributed by atoms with Crippen LogP contribution in [0.2, 0.25) is 0 Å². The van der Waals surface area contributed by atoms with Crippen molar-refractivity contribution < 1.29 is 8.78 Å². The molecule has 0 aromatic heterocycles. The number of nitrogens with two attached hydrogens (primary N) is 1. The molecule has 1 atom stereocenters. The number of amidine groups is 1. The molecule has 3 nitrogen and oxygen atoms in total. The Hall–Kier alpha value is -1.65. The van der Waals surface area contributed by atoms with Crippen molar-refractivity contribution in [3.63, 3.8) is 0 Å². The van der Waals surface area contributed by atoms with Gasteiger partial charge in [-0.25, -0.2) is 8.78 Å². The molecule has 0 radical (unpaired) electrons. The number of nitrogen functional groups attached to an aromatic ring is 1. The summed E-state index contributed by atoms with van der Waals surface area (Å²) in [6.07, 6.45) is 1.88. The highest BCUT2D eigenvalue weighted by Crippen LogP contribution is 2.31. The fourth-order valence-corrected chi connectivity index (χ4v) is 2.26. The van der Waals surface area contributed by atoms with Gasteiger partial charge >= 0.3 is 0 Å². The monoisotopic (exact) mass is 239 g/mol. The molecule has 5 heteroatoms. The van der Waals surface area contributed by atoms with E-state index in [0.717, 1.165) is 25.0 Å². The van der Waals surface area contributed by atoms with E-state index in [2.05, 4.69) is 0 Å². The molecule has 1 fully saturated rings. The summed E-state index contributed by atoms with van der Waals surface area (Å²) in [5.74, 6) is -1.63. The topological polar surface area (TPSA) is 53.1 Å². The van der Waals surface area contributed by atoms with Crippen LogP contribution in [0.15, 0.2) is 12.1 Å². The van der Waals surface area contributed by atoms with E-state index in [4.69, 9.17) is 11.1 Å². The Balaban J connectivity index is 2.44. The molecule has 3 N–H and O–H groups in total. The zero-order valence-electron chi connectivity index (χ0n) is 9.63. The number of halogens is 2. The highest BCUT2D eigenvalue weighted by Gasteiger charge is 2.26. The standard InChI is InChI=1S/C12H15F2N3/c1-7-3-2-4-17(7)11-9(13)5-8(12(15)16)6-10(11)14/h5-7H,2-4H2,1H3,(H3,15,16). The SMILES string of the molecule is CC1CCCN1c1c(F)cc(C(=N)N)cc1F. The summed E-state index contributed by atoms with van der Waals surface area (Å²) in [6.45, 7) is 2.61. The van der Waals surface area contributed by atoms with Crippen LogP contribution in [0.5, 0.6) is 0 Å². The van der Waals surface area contributed by atoms with Gasteiger partial charge in [0.1, 0.15) is 23.2 Å². The molecule has 0 spiro atoms. The average molecular weight is 239 g/mol. The van der Waals surface area contributed by atoms with Crippen molar-refractivity contribution in [1.29, 1.82) is 5.41 Å². The molecule has 0 amide bonds. The van der Waals surface area contributed by atoms with Crippen LogP contribution in [0.1, 0.15) is 25.3 Å². The lowest BCUT2D eigenvalue weighted by molar-refractivity contribution is 0.567. The van der Waals surface area contributed by atoms with Gasteiger partial charge in [-0.05, 0) is 31.9 Å². The highest BCUT2D eigenvalue weighted by molar-refractivity contribution is 5.95. The van der Waals surface area contributed by atoms with E-state index in [-0.39, 0.29) is 23.1 Å². The molecule has 1 aromatic rings. The number of hydrogen-bond acceptors (Lipinski definition) is 2. The van der Waals surface area contributed by atoms with Gasteiger partial charge in [0.15, 0.2) is 0 Å². The quantitative estimate of drug-likeness (QED) is 0.614. The van der Waals surface area contributed by atoms with Gasteiger partial charge in [-0.1, -0.05) is 0 Å². The minimum atomic E-state index is -0.649. The molecular weight excluding hydrogens is 224 g/mol. The van der Waals surface area contributed by atoms with E-state index in [1.807, 2.05) is 6.92 Å². The third-order valence-corrected chi connectivity index (χ3v) is 3.17. The fraction of sp³-hybridized carbons (Fsp3) is 0.417. The molecule has 17 heavy (non-hydrogen) atoms. The first-order chi connectivity index (χ1) is 8.00. The van der Waals surface area contributed by atoms with Gasteiger partial charge in [-0.15, -0.1) is 0 Å². The summed E-state index contributed by atoms with van der Waals surface area (Å²) >= 11 is 0. The minimum Gasteiger partial charge on any atom is -0.384 e. The number of hydrogen-bond donors (Lipinski definition) is 2. The van der Waals surface area contributed by atoms with Crippen molar-refractivity contribution in [3.8, 4) is 0 Å². The predicted molar refractivity (Wildman–Crippen MR) is 63.4 cm³/mol. The van der Waals surface area contributed by atoms with Crippen molar-refractivity contribution >= 4 is 11.5 Å². The number of nitrogens with zero attached hydrogens (tertiary/aromatic N) is 1. The second kappa shape index (κ2) is 4.31. The van der Waals surface area contributed by atoms with Crippen LogP contribution in [0, 0.1) is 17.0 Å². The zero-order valence-corrected chi connectivity index (χ0v) is 9.63. The van der Waals surface area contributed by atoms with Crippen LogP contribution in [-0.2, 0) is 0 Å².